The van der Waals surface area contributed by atoms with E-state index in [-0.39, 0.29) is 23.3 Å². The number of nitrogens with one attached hydrogen (secondary N) is 1. The van der Waals surface area contributed by atoms with E-state index in [0.717, 1.165) is 6.42 Å². The topological polar surface area (TPSA) is 66.4 Å². The summed E-state index contributed by atoms with van der Waals surface area (Å²) >= 11 is 0. The van der Waals surface area contributed by atoms with E-state index in [1.807, 2.05) is 0 Å². The third-order valence-corrected chi connectivity index (χ3v) is 4.51. The maximum atomic E-state index is 12.2. The number of hydrogen-bond acceptors (Lipinski definition) is 2. The van der Waals surface area contributed by atoms with Gasteiger partial charge in [0.15, 0.2) is 0 Å². The van der Waals surface area contributed by atoms with Gasteiger partial charge in [-0.2, -0.15) is 0 Å². The highest BCUT2D eigenvalue weighted by Crippen LogP contribution is 2.45. The van der Waals surface area contributed by atoms with Crippen LogP contribution in [0.4, 0.5) is 0 Å². The fraction of sp³-hybridized carbons (Fsp3) is 0.556. The van der Waals surface area contributed by atoms with Crippen molar-refractivity contribution in [2.24, 2.45) is 11.3 Å². The van der Waals surface area contributed by atoms with Crippen LogP contribution in [-0.2, 0) is 11.2 Å². The Morgan fingerprint density at radius 3 is 2.50 bits per heavy atom. The molecule has 2 N–H and O–H groups in total. The molecule has 0 spiro atoms. The van der Waals surface area contributed by atoms with Crippen LogP contribution in [0, 0.1) is 11.3 Å². The molecule has 1 fully saturated rings. The number of benzene rings is 1. The van der Waals surface area contributed by atoms with Crippen LogP contribution in [0.1, 0.15) is 55.5 Å². The Morgan fingerprint density at radius 2 is 1.95 bits per heavy atom. The molecule has 0 heterocycles. The van der Waals surface area contributed by atoms with Crippen LogP contribution < -0.4 is 5.32 Å². The lowest BCUT2D eigenvalue weighted by Crippen LogP contribution is -2.43. The van der Waals surface area contributed by atoms with Gasteiger partial charge in [0.25, 0.3) is 0 Å². The highest BCUT2D eigenvalue weighted by Gasteiger charge is 2.37. The summed E-state index contributed by atoms with van der Waals surface area (Å²) in [5.74, 6) is -0.452. The Kier molecular flexibility index (Phi) is 5.22. The van der Waals surface area contributed by atoms with Gasteiger partial charge in [0.05, 0.1) is 12.0 Å². The minimum atomic E-state index is -0.987. The van der Waals surface area contributed by atoms with E-state index in [2.05, 4.69) is 19.2 Å². The second-order valence-corrected chi connectivity index (χ2v) is 6.87. The van der Waals surface area contributed by atoms with E-state index in [0.29, 0.717) is 18.0 Å². The summed E-state index contributed by atoms with van der Waals surface area (Å²) < 4.78 is 0. The zero-order valence-electron chi connectivity index (χ0n) is 13.4. The molecule has 0 radical (unpaired) electrons. The van der Waals surface area contributed by atoms with Gasteiger partial charge < -0.3 is 10.4 Å². The first-order chi connectivity index (χ1) is 10.4. The van der Waals surface area contributed by atoms with Crippen molar-refractivity contribution in [2.45, 2.75) is 46.0 Å². The van der Waals surface area contributed by atoms with Gasteiger partial charge in [-0.1, -0.05) is 38.5 Å². The third kappa shape index (κ3) is 4.09. The van der Waals surface area contributed by atoms with E-state index >= 15 is 0 Å². The molecular formula is C18H25NO3. The first-order valence-electron chi connectivity index (χ1n) is 8.00. The van der Waals surface area contributed by atoms with Crippen molar-refractivity contribution < 1.29 is 14.7 Å². The van der Waals surface area contributed by atoms with E-state index in [4.69, 9.17) is 5.11 Å². The van der Waals surface area contributed by atoms with Crippen LogP contribution in [0.5, 0.6) is 0 Å². The average Bonchev–Trinajstić information content (AvgIpc) is 2.41. The molecule has 120 valence electrons. The van der Waals surface area contributed by atoms with Gasteiger partial charge in [-0.25, -0.2) is 4.79 Å². The van der Waals surface area contributed by atoms with Crippen molar-refractivity contribution in [3.05, 3.63) is 35.4 Å². The van der Waals surface area contributed by atoms with Gasteiger partial charge >= 0.3 is 5.97 Å². The molecule has 1 aromatic rings. The number of carbonyl (C=O) groups is 2. The van der Waals surface area contributed by atoms with Crippen molar-refractivity contribution in [1.82, 2.24) is 5.32 Å². The standard InChI is InChI=1S/C18H25NO3/c1-13(2)11-18(8-5-9-18)12-19-16(20)10-14-6-3-4-7-15(14)17(21)22/h3-4,6-7,13H,5,8-12H2,1-2H3,(H,19,20)(H,21,22). The summed E-state index contributed by atoms with van der Waals surface area (Å²) in [7, 11) is 0. The van der Waals surface area contributed by atoms with Crippen LogP contribution in [0.25, 0.3) is 0 Å². The molecule has 4 nitrogen and oxygen atoms in total. The summed E-state index contributed by atoms with van der Waals surface area (Å²) in [6.45, 7) is 5.13. The monoisotopic (exact) mass is 303 g/mol. The summed E-state index contributed by atoms with van der Waals surface area (Å²) in [6, 6.07) is 6.69. The van der Waals surface area contributed by atoms with Crippen molar-refractivity contribution in [3.63, 3.8) is 0 Å². The van der Waals surface area contributed by atoms with Gasteiger partial charge in [-0.05, 0) is 42.2 Å². The lowest BCUT2D eigenvalue weighted by molar-refractivity contribution is -0.121. The van der Waals surface area contributed by atoms with Crippen molar-refractivity contribution >= 4 is 11.9 Å². The van der Waals surface area contributed by atoms with Gasteiger partial charge in [-0.15, -0.1) is 0 Å². The Morgan fingerprint density at radius 1 is 1.27 bits per heavy atom. The number of amides is 1. The fourth-order valence-electron chi connectivity index (χ4n) is 3.40. The number of carbonyl (C=O) groups excluding carboxylic acids is 1. The number of aromatic carboxylic acids is 1. The van der Waals surface area contributed by atoms with Crippen LogP contribution in [0.3, 0.4) is 0 Å². The Bertz CT molecular complexity index is 547. The Hall–Kier alpha value is -1.84. The lowest BCUT2D eigenvalue weighted by Gasteiger charge is -2.43. The maximum absolute atomic E-state index is 12.2. The average molecular weight is 303 g/mol. The van der Waals surface area contributed by atoms with Crippen molar-refractivity contribution in [2.75, 3.05) is 6.54 Å². The molecule has 1 aliphatic carbocycles. The number of rotatable bonds is 7. The van der Waals surface area contributed by atoms with Crippen LogP contribution in [-0.4, -0.2) is 23.5 Å². The van der Waals surface area contributed by atoms with Gasteiger partial charge in [0.2, 0.25) is 5.91 Å². The smallest absolute Gasteiger partial charge is 0.335 e. The SMILES string of the molecule is CC(C)CC1(CNC(=O)Cc2ccccc2C(=O)O)CCC1. The first-order valence-corrected chi connectivity index (χ1v) is 8.00. The molecule has 2 rings (SSSR count). The summed E-state index contributed by atoms with van der Waals surface area (Å²) in [6.07, 6.45) is 4.86. The van der Waals surface area contributed by atoms with Gasteiger partial charge in [-0.3, -0.25) is 4.79 Å². The summed E-state index contributed by atoms with van der Waals surface area (Å²) in [4.78, 5) is 23.3. The first kappa shape index (κ1) is 16.5. The molecule has 4 heteroatoms. The molecule has 0 aromatic heterocycles. The third-order valence-electron chi connectivity index (χ3n) is 4.51. The van der Waals surface area contributed by atoms with E-state index in [1.165, 1.54) is 25.3 Å². The largest absolute Gasteiger partial charge is 0.478 e. The molecule has 1 saturated carbocycles. The summed E-state index contributed by atoms with van der Waals surface area (Å²) in [5, 5.41) is 12.2. The van der Waals surface area contributed by atoms with Crippen LogP contribution >= 0.6 is 0 Å². The molecule has 0 atom stereocenters. The normalized spacial score (nSPS) is 16.1. The van der Waals surface area contributed by atoms with Crippen molar-refractivity contribution in [1.29, 1.82) is 0 Å². The number of carboxylic acid groups (broad SMARTS) is 1. The van der Waals surface area contributed by atoms with Crippen LogP contribution in [0.15, 0.2) is 24.3 Å². The predicted molar refractivity (Wildman–Crippen MR) is 85.9 cm³/mol. The quantitative estimate of drug-likeness (QED) is 0.812. The van der Waals surface area contributed by atoms with Gasteiger partial charge in [0, 0.05) is 6.54 Å². The molecule has 0 unspecified atom stereocenters. The van der Waals surface area contributed by atoms with E-state index in [9.17, 15) is 9.59 Å². The molecule has 1 aromatic carbocycles. The molecule has 0 aliphatic heterocycles. The van der Waals surface area contributed by atoms with E-state index < -0.39 is 5.97 Å². The Balaban J connectivity index is 1.92. The second kappa shape index (κ2) is 6.95. The molecule has 1 aliphatic rings. The van der Waals surface area contributed by atoms with Crippen LogP contribution in [0.2, 0.25) is 0 Å². The zero-order valence-corrected chi connectivity index (χ0v) is 13.4. The lowest BCUT2D eigenvalue weighted by atomic mass is 9.64. The fourth-order valence-corrected chi connectivity index (χ4v) is 3.40. The Labute approximate surface area is 131 Å². The number of carboxylic acids is 1. The zero-order chi connectivity index (χ0) is 16.2. The minimum Gasteiger partial charge on any atom is -0.478 e. The minimum absolute atomic E-state index is 0.0938. The molecular weight excluding hydrogens is 278 g/mol. The summed E-state index contributed by atoms with van der Waals surface area (Å²) in [5.41, 5.74) is 1.04. The molecule has 0 saturated heterocycles. The van der Waals surface area contributed by atoms with Crippen molar-refractivity contribution in [3.8, 4) is 0 Å². The highest BCUT2D eigenvalue weighted by molar-refractivity contribution is 5.91. The highest BCUT2D eigenvalue weighted by atomic mass is 16.4. The second-order valence-electron chi connectivity index (χ2n) is 6.87. The molecule has 1 amide bonds. The molecule has 22 heavy (non-hydrogen) atoms. The predicted octanol–water partition coefficient (Wildman–Crippen LogP) is 3.26. The van der Waals surface area contributed by atoms with E-state index in [1.54, 1.807) is 18.2 Å². The van der Waals surface area contributed by atoms with Gasteiger partial charge in [0.1, 0.15) is 0 Å². The maximum Gasteiger partial charge on any atom is 0.335 e. The number of hydrogen-bond donors (Lipinski definition) is 2. The molecule has 0 bridgehead atoms.